The molecule has 0 aliphatic carbocycles. The summed E-state index contributed by atoms with van der Waals surface area (Å²) < 4.78 is 7.82. The van der Waals surface area contributed by atoms with Crippen molar-refractivity contribution >= 4 is 5.96 Å². The highest BCUT2D eigenvalue weighted by Gasteiger charge is 2.14. The molecular weight excluding hydrogens is 398 g/mol. The van der Waals surface area contributed by atoms with Crippen LogP contribution in [-0.4, -0.2) is 28.3 Å². The minimum Gasteiger partial charge on any atom is -0.489 e. The molecule has 170 valence electrons. The van der Waals surface area contributed by atoms with E-state index in [-0.39, 0.29) is 6.04 Å². The molecule has 6 nitrogen and oxygen atoms in total. The lowest BCUT2D eigenvalue weighted by atomic mass is 10.1. The van der Waals surface area contributed by atoms with Crippen LogP contribution in [-0.2, 0) is 26.6 Å². The van der Waals surface area contributed by atoms with Crippen molar-refractivity contribution in [3.8, 4) is 5.75 Å². The number of guanidine groups is 1. The van der Waals surface area contributed by atoms with Gasteiger partial charge in [0.1, 0.15) is 12.4 Å². The molecule has 0 saturated carbocycles. The molecule has 0 amide bonds. The van der Waals surface area contributed by atoms with Crippen molar-refractivity contribution in [1.82, 2.24) is 20.4 Å². The Morgan fingerprint density at radius 3 is 2.41 bits per heavy atom. The normalized spacial score (nSPS) is 12.5. The number of benzene rings is 2. The van der Waals surface area contributed by atoms with Crippen LogP contribution in [0.4, 0.5) is 0 Å². The van der Waals surface area contributed by atoms with Gasteiger partial charge in [-0.25, -0.2) is 4.99 Å². The molecule has 0 fully saturated rings. The van der Waals surface area contributed by atoms with Crippen LogP contribution in [0.2, 0.25) is 0 Å². The molecule has 6 heteroatoms. The zero-order chi connectivity index (χ0) is 22.9. The van der Waals surface area contributed by atoms with Crippen LogP contribution in [0.3, 0.4) is 0 Å². The average molecular weight is 434 g/mol. The third kappa shape index (κ3) is 6.61. The predicted molar refractivity (Wildman–Crippen MR) is 131 cm³/mol. The molecule has 1 unspecified atom stereocenters. The Kier molecular flexibility index (Phi) is 8.31. The minimum atomic E-state index is 0.239. The highest BCUT2D eigenvalue weighted by Crippen LogP contribution is 2.16. The summed E-state index contributed by atoms with van der Waals surface area (Å²) in [5.74, 6) is 1.69. The lowest BCUT2D eigenvalue weighted by Crippen LogP contribution is -2.43. The van der Waals surface area contributed by atoms with Crippen LogP contribution in [0, 0.1) is 13.8 Å². The second kappa shape index (κ2) is 11.4. The number of nitrogens with zero attached hydrogens (tertiary/aromatic N) is 3. The number of rotatable bonds is 9. The first-order chi connectivity index (χ1) is 15.5. The van der Waals surface area contributed by atoms with E-state index in [1.54, 1.807) is 0 Å². The second-order valence-corrected chi connectivity index (χ2v) is 8.14. The summed E-state index contributed by atoms with van der Waals surface area (Å²) in [6.45, 7) is 10.4. The summed E-state index contributed by atoms with van der Waals surface area (Å²) in [7, 11) is 1.99. The Hall–Kier alpha value is -3.28. The van der Waals surface area contributed by atoms with E-state index in [4.69, 9.17) is 9.73 Å². The van der Waals surface area contributed by atoms with Crippen LogP contribution in [0.5, 0.6) is 5.75 Å². The molecule has 3 rings (SSSR count). The highest BCUT2D eigenvalue weighted by molar-refractivity contribution is 5.80. The summed E-state index contributed by atoms with van der Waals surface area (Å²) >= 11 is 0. The second-order valence-electron chi connectivity index (χ2n) is 8.14. The lowest BCUT2D eigenvalue weighted by molar-refractivity contribution is 0.306. The van der Waals surface area contributed by atoms with Gasteiger partial charge in [-0.3, -0.25) is 4.68 Å². The zero-order valence-corrected chi connectivity index (χ0v) is 19.9. The van der Waals surface area contributed by atoms with Gasteiger partial charge in [-0.1, -0.05) is 42.5 Å². The van der Waals surface area contributed by atoms with E-state index >= 15 is 0 Å². The van der Waals surface area contributed by atoms with Crippen LogP contribution in [0.15, 0.2) is 59.6 Å². The van der Waals surface area contributed by atoms with Gasteiger partial charge in [-0.15, -0.1) is 0 Å². The third-order valence-corrected chi connectivity index (χ3v) is 5.49. The summed E-state index contributed by atoms with van der Waals surface area (Å²) in [6, 6.07) is 18.6. The fourth-order valence-electron chi connectivity index (χ4n) is 3.63. The quantitative estimate of drug-likeness (QED) is 0.390. The molecule has 1 atom stereocenters. The van der Waals surface area contributed by atoms with Crippen molar-refractivity contribution in [2.75, 3.05) is 6.54 Å². The zero-order valence-electron chi connectivity index (χ0n) is 19.9. The van der Waals surface area contributed by atoms with E-state index in [0.29, 0.717) is 13.2 Å². The Morgan fingerprint density at radius 2 is 1.78 bits per heavy atom. The number of hydrogen-bond donors (Lipinski definition) is 2. The SMILES string of the molecule is CCNC(=NCc1ccc(OCc2ccccc2)cc1)NC(C)Cc1c(C)nn(C)c1C. The largest absolute Gasteiger partial charge is 0.489 e. The number of aromatic nitrogens is 2. The van der Waals surface area contributed by atoms with E-state index in [1.165, 1.54) is 11.3 Å². The maximum Gasteiger partial charge on any atom is 0.191 e. The Bertz CT molecular complexity index is 1010. The molecule has 2 N–H and O–H groups in total. The van der Waals surface area contributed by atoms with Gasteiger partial charge in [0.2, 0.25) is 0 Å². The lowest BCUT2D eigenvalue weighted by Gasteiger charge is -2.18. The van der Waals surface area contributed by atoms with Gasteiger partial charge in [0.15, 0.2) is 5.96 Å². The van der Waals surface area contributed by atoms with Crippen LogP contribution >= 0.6 is 0 Å². The summed E-state index contributed by atoms with van der Waals surface area (Å²) in [4.78, 5) is 4.77. The maximum atomic E-state index is 5.87. The molecule has 2 aromatic carbocycles. The predicted octanol–water partition coefficient (Wildman–Crippen LogP) is 4.30. The topological polar surface area (TPSA) is 63.5 Å². The fraction of sp³-hybridized carbons (Fsp3) is 0.385. The first-order valence-electron chi connectivity index (χ1n) is 11.3. The molecule has 1 heterocycles. The van der Waals surface area contributed by atoms with Crippen LogP contribution in [0.25, 0.3) is 0 Å². The molecule has 3 aromatic rings. The highest BCUT2D eigenvalue weighted by atomic mass is 16.5. The monoisotopic (exact) mass is 433 g/mol. The molecule has 0 spiro atoms. The van der Waals surface area contributed by atoms with E-state index < -0.39 is 0 Å². The van der Waals surface area contributed by atoms with Crippen LogP contribution < -0.4 is 15.4 Å². The van der Waals surface area contributed by atoms with Gasteiger partial charge in [0.25, 0.3) is 0 Å². The molecule has 0 saturated heterocycles. The van der Waals surface area contributed by atoms with E-state index in [9.17, 15) is 0 Å². The van der Waals surface area contributed by atoms with Crippen LogP contribution in [0.1, 0.15) is 41.9 Å². The fourth-order valence-corrected chi connectivity index (χ4v) is 3.63. The number of aliphatic imine (C=N–C) groups is 1. The molecule has 0 aliphatic heterocycles. The molecule has 0 radical (unpaired) electrons. The summed E-state index contributed by atoms with van der Waals surface area (Å²) in [6.07, 6.45) is 0.906. The number of aryl methyl sites for hydroxylation is 2. The van der Waals surface area contributed by atoms with Gasteiger partial charge >= 0.3 is 0 Å². The van der Waals surface area contributed by atoms with Crippen molar-refractivity contribution < 1.29 is 4.74 Å². The van der Waals surface area contributed by atoms with Crippen molar-refractivity contribution in [3.63, 3.8) is 0 Å². The minimum absolute atomic E-state index is 0.239. The molecular formula is C26H35N5O. The number of hydrogen-bond acceptors (Lipinski definition) is 3. The van der Waals surface area contributed by atoms with Gasteiger partial charge in [0.05, 0.1) is 12.2 Å². The maximum absolute atomic E-state index is 5.87. The van der Waals surface area contributed by atoms with E-state index in [2.05, 4.69) is 67.7 Å². The molecule has 0 bridgehead atoms. The average Bonchev–Trinajstić information content (AvgIpc) is 3.03. The first kappa shape index (κ1) is 23.4. The van der Waals surface area contributed by atoms with Crippen molar-refractivity contribution in [1.29, 1.82) is 0 Å². The van der Waals surface area contributed by atoms with Gasteiger partial charge in [0, 0.05) is 25.3 Å². The van der Waals surface area contributed by atoms with E-state index in [1.807, 2.05) is 42.1 Å². The van der Waals surface area contributed by atoms with Gasteiger partial charge < -0.3 is 15.4 Å². The summed E-state index contributed by atoms with van der Waals surface area (Å²) in [5.41, 5.74) is 5.91. The Balaban J connectivity index is 1.55. The number of nitrogens with one attached hydrogen (secondary N) is 2. The molecule has 32 heavy (non-hydrogen) atoms. The summed E-state index contributed by atoms with van der Waals surface area (Å²) in [5, 5.41) is 11.4. The smallest absolute Gasteiger partial charge is 0.191 e. The third-order valence-electron chi connectivity index (χ3n) is 5.49. The molecule has 0 aliphatic rings. The van der Waals surface area contributed by atoms with Gasteiger partial charge in [-0.05, 0) is 62.9 Å². The Morgan fingerprint density at radius 1 is 1.06 bits per heavy atom. The first-order valence-corrected chi connectivity index (χ1v) is 11.3. The van der Waals surface area contributed by atoms with E-state index in [0.717, 1.165) is 41.5 Å². The van der Waals surface area contributed by atoms with Crippen molar-refractivity contribution in [2.24, 2.45) is 12.0 Å². The Labute approximate surface area is 191 Å². The van der Waals surface area contributed by atoms with Crippen molar-refractivity contribution in [2.45, 2.75) is 53.3 Å². The van der Waals surface area contributed by atoms with Crippen molar-refractivity contribution in [3.05, 3.63) is 82.7 Å². The standard InChI is InChI=1S/C26H35N5O/c1-6-27-26(29-19(2)16-25-20(3)30-31(5)21(25)4)28-17-22-12-14-24(15-13-22)32-18-23-10-8-7-9-11-23/h7-15,19H,6,16-18H2,1-5H3,(H2,27,28,29). The number of ether oxygens (including phenoxy) is 1. The molecule has 1 aromatic heterocycles. The van der Waals surface area contributed by atoms with Gasteiger partial charge in [-0.2, -0.15) is 5.10 Å².